The molecule has 2 heterocycles. The molecule has 0 aromatic heterocycles. The Morgan fingerprint density at radius 1 is 1.20 bits per heavy atom. The van der Waals surface area contributed by atoms with Crippen LogP contribution in [0, 0.1) is 0 Å². The summed E-state index contributed by atoms with van der Waals surface area (Å²) in [6.07, 6.45) is 2.82. The zero-order valence-corrected chi connectivity index (χ0v) is 16.4. The number of piperidine rings is 1. The summed E-state index contributed by atoms with van der Waals surface area (Å²) in [4.78, 5) is 16.8. The van der Waals surface area contributed by atoms with Gasteiger partial charge >= 0.3 is 0 Å². The Balaban J connectivity index is 0.00000225. The number of hydrogen-bond donors (Lipinski definition) is 0. The fourth-order valence-corrected chi connectivity index (χ4v) is 3.91. The number of ether oxygens (including phenoxy) is 1. The smallest absolute Gasteiger partial charge is 0.251 e. The Hall–Kier alpha value is -1.10. The average molecular weight is 367 g/mol. The number of halogens is 1. The van der Waals surface area contributed by atoms with Gasteiger partial charge in [-0.1, -0.05) is 30.3 Å². The highest BCUT2D eigenvalue weighted by Crippen LogP contribution is 2.33. The van der Waals surface area contributed by atoms with Crippen LogP contribution in [0.5, 0.6) is 0 Å². The van der Waals surface area contributed by atoms with E-state index in [2.05, 4.69) is 49.1 Å². The number of morpholine rings is 1. The third-order valence-corrected chi connectivity index (χ3v) is 5.47. The van der Waals surface area contributed by atoms with Crippen LogP contribution in [0.25, 0.3) is 0 Å². The first-order chi connectivity index (χ1) is 11.5. The number of carbonyl (C=O) groups is 1. The molecular formula is C20H31ClN2O2. The van der Waals surface area contributed by atoms with Crippen molar-refractivity contribution in [3.8, 4) is 0 Å². The van der Waals surface area contributed by atoms with Gasteiger partial charge in [-0.05, 0) is 45.6 Å². The van der Waals surface area contributed by atoms with E-state index in [1.54, 1.807) is 0 Å². The standard InChI is InChI=1S/C20H30N2O2.ClH/c1-16(2)22-15-20(24-17(3)19(22)23)10-13-21(14-11-20)12-9-18-7-5-4-6-8-18;/h4-8,16-17H,9-15H2,1-3H3;1H/t17-;/m1./s1. The minimum absolute atomic E-state index is 0. The van der Waals surface area contributed by atoms with Crippen LogP contribution in [0.2, 0.25) is 0 Å². The van der Waals surface area contributed by atoms with E-state index in [1.165, 1.54) is 5.56 Å². The maximum absolute atomic E-state index is 12.3. The van der Waals surface area contributed by atoms with E-state index < -0.39 is 0 Å². The SMILES string of the molecule is CC(C)N1CC2(CCN(CCc3ccccc3)CC2)O[C@H](C)C1=O.Cl. The second-order valence-electron chi connectivity index (χ2n) is 7.58. The van der Waals surface area contributed by atoms with Crippen LogP contribution in [-0.2, 0) is 16.0 Å². The quantitative estimate of drug-likeness (QED) is 0.820. The second kappa shape index (κ2) is 8.52. The van der Waals surface area contributed by atoms with Gasteiger partial charge in [0.1, 0.15) is 6.10 Å². The Morgan fingerprint density at radius 2 is 1.84 bits per heavy atom. The van der Waals surface area contributed by atoms with Crippen LogP contribution in [0.1, 0.15) is 39.2 Å². The van der Waals surface area contributed by atoms with Crippen molar-refractivity contribution < 1.29 is 9.53 Å². The maximum atomic E-state index is 12.3. The molecule has 1 atom stereocenters. The predicted octanol–water partition coefficient (Wildman–Crippen LogP) is 3.14. The van der Waals surface area contributed by atoms with Gasteiger partial charge < -0.3 is 14.5 Å². The predicted molar refractivity (Wildman–Crippen MR) is 103 cm³/mol. The third kappa shape index (κ3) is 4.75. The summed E-state index contributed by atoms with van der Waals surface area (Å²) in [5.74, 6) is 0.141. The summed E-state index contributed by atoms with van der Waals surface area (Å²) < 4.78 is 6.20. The second-order valence-corrected chi connectivity index (χ2v) is 7.58. The lowest BCUT2D eigenvalue weighted by Crippen LogP contribution is -2.62. The van der Waals surface area contributed by atoms with Gasteiger partial charge in [0.05, 0.1) is 12.1 Å². The van der Waals surface area contributed by atoms with Crippen LogP contribution in [0.3, 0.4) is 0 Å². The minimum atomic E-state index is -0.308. The lowest BCUT2D eigenvalue weighted by atomic mass is 9.88. The normalized spacial score (nSPS) is 23.8. The van der Waals surface area contributed by atoms with Crippen LogP contribution in [0.4, 0.5) is 0 Å². The van der Waals surface area contributed by atoms with Gasteiger partial charge in [0.25, 0.3) is 5.91 Å². The Morgan fingerprint density at radius 3 is 2.44 bits per heavy atom. The third-order valence-electron chi connectivity index (χ3n) is 5.47. The molecule has 0 unspecified atom stereocenters. The van der Waals surface area contributed by atoms with Gasteiger partial charge in [0.15, 0.2) is 0 Å². The fraction of sp³-hybridized carbons (Fsp3) is 0.650. The molecule has 1 aromatic carbocycles. The zero-order chi connectivity index (χ0) is 17.2. The molecule has 0 saturated carbocycles. The molecule has 1 aromatic rings. The fourth-order valence-electron chi connectivity index (χ4n) is 3.91. The van der Waals surface area contributed by atoms with E-state index >= 15 is 0 Å². The van der Waals surface area contributed by atoms with Crippen LogP contribution in [-0.4, -0.2) is 59.6 Å². The highest BCUT2D eigenvalue weighted by Gasteiger charge is 2.45. The molecule has 2 fully saturated rings. The van der Waals surface area contributed by atoms with Crippen molar-refractivity contribution in [2.75, 3.05) is 26.2 Å². The largest absolute Gasteiger partial charge is 0.360 e. The van der Waals surface area contributed by atoms with Crippen molar-refractivity contribution in [3.63, 3.8) is 0 Å². The van der Waals surface area contributed by atoms with E-state index in [0.717, 1.165) is 45.4 Å². The monoisotopic (exact) mass is 366 g/mol. The molecule has 3 rings (SSSR count). The molecular weight excluding hydrogens is 336 g/mol. The molecule has 25 heavy (non-hydrogen) atoms. The van der Waals surface area contributed by atoms with E-state index in [4.69, 9.17) is 4.74 Å². The zero-order valence-electron chi connectivity index (χ0n) is 15.6. The first-order valence-electron chi connectivity index (χ1n) is 9.24. The van der Waals surface area contributed by atoms with E-state index in [9.17, 15) is 4.79 Å². The Kier molecular flexibility index (Phi) is 6.89. The maximum Gasteiger partial charge on any atom is 0.251 e. The first-order valence-corrected chi connectivity index (χ1v) is 9.24. The molecule has 0 bridgehead atoms. The van der Waals surface area contributed by atoms with Crippen molar-refractivity contribution in [3.05, 3.63) is 35.9 Å². The van der Waals surface area contributed by atoms with Gasteiger partial charge in [0, 0.05) is 25.7 Å². The summed E-state index contributed by atoms with van der Waals surface area (Å²) in [6, 6.07) is 10.9. The topological polar surface area (TPSA) is 32.8 Å². The van der Waals surface area contributed by atoms with E-state index in [1.807, 2.05) is 11.8 Å². The summed E-state index contributed by atoms with van der Waals surface area (Å²) >= 11 is 0. The molecule has 1 spiro atoms. The number of hydrogen-bond acceptors (Lipinski definition) is 3. The summed E-state index contributed by atoms with van der Waals surface area (Å²) in [5, 5.41) is 0. The van der Waals surface area contributed by atoms with Gasteiger partial charge in [-0.2, -0.15) is 0 Å². The number of nitrogens with zero attached hydrogens (tertiary/aromatic N) is 2. The van der Waals surface area contributed by atoms with Crippen LogP contribution >= 0.6 is 12.4 Å². The molecule has 0 radical (unpaired) electrons. The number of likely N-dealkylation sites (tertiary alicyclic amines) is 1. The Bertz CT molecular complexity index is 556. The van der Waals surface area contributed by atoms with E-state index in [0.29, 0.717) is 0 Å². The minimum Gasteiger partial charge on any atom is -0.360 e. The van der Waals surface area contributed by atoms with Gasteiger partial charge in [-0.3, -0.25) is 4.79 Å². The highest BCUT2D eigenvalue weighted by atomic mass is 35.5. The van der Waals surface area contributed by atoms with Crippen molar-refractivity contribution in [1.29, 1.82) is 0 Å². The summed E-state index contributed by atoms with van der Waals surface area (Å²) in [5.41, 5.74) is 1.26. The first kappa shape index (κ1) is 20.2. The van der Waals surface area contributed by atoms with Crippen molar-refractivity contribution >= 4 is 18.3 Å². The molecule has 0 aliphatic carbocycles. The number of amides is 1. The van der Waals surface area contributed by atoms with Gasteiger partial charge in [-0.15, -0.1) is 12.4 Å². The number of carbonyl (C=O) groups excluding carboxylic acids is 1. The summed E-state index contributed by atoms with van der Waals surface area (Å²) in [7, 11) is 0. The molecule has 2 aliphatic rings. The van der Waals surface area contributed by atoms with Gasteiger partial charge in [0.2, 0.25) is 0 Å². The van der Waals surface area contributed by atoms with Crippen molar-refractivity contribution in [2.24, 2.45) is 0 Å². The highest BCUT2D eigenvalue weighted by molar-refractivity contribution is 5.85. The molecule has 4 nitrogen and oxygen atoms in total. The lowest BCUT2D eigenvalue weighted by molar-refractivity contribution is -0.192. The molecule has 2 aliphatic heterocycles. The number of benzene rings is 1. The molecule has 140 valence electrons. The lowest BCUT2D eigenvalue weighted by Gasteiger charge is -2.50. The van der Waals surface area contributed by atoms with Gasteiger partial charge in [-0.25, -0.2) is 0 Å². The Labute approximate surface area is 157 Å². The van der Waals surface area contributed by atoms with Crippen molar-refractivity contribution in [1.82, 2.24) is 9.80 Å². The van der Waals surface area contributed by atoms with E-state index in [-0.39, 0.29) is 36.1 Å². The molecule has 2 saturated heterocycles. The summed E-state index contributed by atoms with van der Waals surface area (Å²) in [6.45, 7) is 10.1. The van der Waals surface area contributed by atoms with Crippen LogP contribution < -0.4 is 0 Å². The molecule has 5 heteroatoms. The van der Waals surface area contributed by atoms with Crippen molar-refractivity contribution in [2.45, 2.75) is 57.8 Å². The molecule has 0 N–H and O–H groups in total. The molecule has 1 amide bonds. The average Bonchev–Trinajstić information content (AvgIpc) is 2.58. The van der Waals surface area contributed by atoms with Crippen LogP contribution in [0.15, 0.2) is 30.3 Å². The number of rotatable bonds is 4.